The first-order chi connectivity index (χ1) is 6.73. The highest BCUT2D eigenvalue weighted by molar-refractivity contribution is 4.90. The lowest BCUT2D eigenvalue weighted by Crippen LogP contribution is -2.56. The van der Waals surface area contributed by atoms with Gasteiger partial charge in [-0.05, 0) is 38.5 Å². The van der Waals surface area contributed by atoms with E-state index in [1.54, 1.807) is 0 Å². The summed E-state index contributed by atoms with van der Waals surface area (Å²) in [6.45, 7) is 15.3. The van der Waals surface area contributed by atoms with Crippen LogP contribution in [0.5, 0.6) is 0 Å². The third-order valence-electron chi connectivity index (χ3n) is 3.74. The zero-order valence-electron chi connectivity index (χ0n) is 11.1. The second kappa shape index (κ2) is 4.42. The van der Waals surface area contributed by atoms with Crippen molar-refractivity contribution in [3.8, 4) is 0 Å². The van der Waals surface area contributed by atoms with Crippen LogP contribution in [0.15, 0.2) is 0 Å². The molecule has 1 aliphatic heterocycles. The molecule has 0 amide bonds. The summed E-state index contributed by atoms with van der Waals surface area (Å²) >= 11 is 0. The summed E-state index contributed by atoms with van der Waals surface area (Å²) in [5.41, 5.74) is 0.178. The van der Waals surface area contributed by atoms with E-state index in [0.717, 1.165) is 13.1 Å². The number of hydrogen-bond acceptors (Lipinski definition) is 2. The van der Waals surface area contributed by atoms with E-state index >= 15 is 0 Å². The van der Waals surface area contributed by atoms with Crippen LogP contribution in [0.1, 0.15) is 41.5 Å². The number of β-amino-alcohol motifs (C(OH)–C–C–N with tert-alkyl or cyclic N) is 1. The van der Waals surface area contributed by atoms with Crippen LogP contribution in [-0.2, 0) is 0 Å². The average molecular weight is 213 g/mol. The summed E-state index contributed by atoms with van der Waals surface area (Å²) in [7, 11) is 0. The highest BCUT2D eigenvalue weighted by Crippen LogP contribution is 2.32. The van der Waals surface area contributed by atoms with Crippen LogP contribution in [0.4, 0.5) is 0 Å². The molecule has 0 aromatic rings. The van der Waals surface area contributed by atoms with Crippen LogP contribution in [0, 0.1) is 17.8 Å². The van der Waals surface area contributed by atoms with Gasteiger partial charge in [0.15, 0.2) is 0 Å². The van der Waals surface area contributed by atoms with Crippen molar-refractivity contribution in [1.29, 1.82) is 0 Å². The number of rotatable bonds is 1. The van der Waals surface area contributed by atoms with Crippen LogP contribution >= 0.6 is 0 Å². The molecule has 1 N–H and O–H groups in total. The van der Waals surface area contributed by atoms with Gasteiger partial charge in [0.05, 0.1) is 6.10 Å². The summed E-state index contributed by atoms with van der Waals surface area (Å²) in [5, 5.41) is 10.2. The molecule has 0 aliphatic carbocycles. The Hall–Kier alpha value is -0.0800. The van der Waals surface area contributed by atoms with Gasteiger partial charge >= 0.3 is 0 Å². The van der Waals surface area contributed by atoms with E-state index in [2.05, 4.69) is 46.4 Å². The molecule has 0 aromatic heterocycles. The Balaban J connectivity index is 2.71. The van der Waals surface area contributed by atoms with Crippen molar-refractivity contribution in [1.82, 2.24) is 4.90 Å². The van der Waals surface area contributed by atoms with E-state index in [4.69, 9.17) is 0 Å². The Labute approximate surface area is 94.7 Å². The second-order valence-electron chi connectivity index (χ2n) is 6.44. The minimum absolute atomic E-state index is 0.159. The van der Waals surface area contributed by atoms with Gasteiger partial charge in [-0.15, -0.1) is 0 Å². The van der Waals surface area contributed by atoms with Gasteiger partial charge in [0.2, 0.25) is 0 Å². The summed E-state index contributed by atoms with van der Waals surface area (Å²) in [4.78, 5) is 2.40. The molecule has 1 rings (SSSR count). The number of aliphatic hydroxyl groups excluding tert-OH is 1. The van der Waals surface area contributed by atoms with Gasteiger partial charge in [-0.1, -0.05) is 20.8 Å². The molecule has 0 saturated carbocycles. The van der Waals surface area contributed by atoms with Gasteiger partial charge in [-0.2, -0.15) is 0 Å². The fourth-order valence-electron chi connectivity index (χ4n) is 2.92. The maximum atomic E-state index is 10.2. The molecule has 1 aliphatic rings. The number of aliphatic hydroxyl groups is 1. The fourth-order valence-corrected chi connectivity index (χ4v) is 2.92. The average Bonchev–Trinajstić information content (AvgIpc) is 1.99. The van der Waals surface area contributed by atoms with Crippen molar-refractivity contribution in [2.75, 3.05) is 13.1 Å². The molecule has 2 heteroatoms. The lowest BCUT2D eigenvalue weighted by Gasteiger charge is -2.47. The zero-order chi connectivity index (χ0) is 11.8. The Bertz CT molecular complexity index is 195. The molecule has 90 valence electrons. The maximum absolute atomic E-state index is 10.2. The molecule has 1 fully saturated rings. The molecule has 0 unspecified atom stereocenters. The predicted octanol–water partition coefficient (Wildman–Crippen LogP) is 2.37. The molecular weight excluding hydrogens is 186 g/mol. The van der Waals surface area contributed by atoms with Gasteiger partial charge in [0.1, 0.15) is 0 Å². The van der Waals surface area contributed by atoms with E-state index < -0.39 is 0 Å². The predicted molar refractivity (Wildman–Crippen MR) is 64.8 cm³/mol. The summed E-state index contributed by atoms with van der Waals surface area (Å²) in [5.74, 6) is 1.63. The molecule has 0 aromatic carbocycles. The van der Waals surface area contributed by atoms with E-state index in [1.165, 1.54) is 0 Å². The first-order valence-electron chi connectivity index (χ1n) is 6.16. The van der Waals surface area contributed by atoms with E-state index in [-0.39, 0.29) is 11.6 Å². The second-order valence-corrected chi connectivity index (χ2v) is 6.44. The van der Waals surface area contributed by atoms with Crippen LogP contribution in [0.25, 0.3) is 0 Å². The quantitative estimate of drug-likeness (QED) is 0.723. The number of likely N-dealkylation sites (tertiary alicyclic amines) is 1. The third-order valence-corrected chi connectivity index (χ3v) is 3.74. The molecule has 1 heterocycles. The smallest absolute Gasteiger partial charge is 0.0700 e. The minimum atomic E-state index is -0.159. The van der Waals surface area contributed by atoms with Crippen LogP contribution < -0.4 is 0 Å². The van der Waals surface area contributed by atoms with Crippen molar-refractivity contribution in [2.45, 2.75) is 53.2 Å². The lowest BCUT2D eigenvalue weighted by atomic mass is 9.76. The standard InChI is InChI=1S/C13H27NO/c1-9(2)12-10(3)7-14(8-11(12)15)13(4,5)6/h9-12,15H,7-8H2,1-6H3/t10-,11-,12+/m0/s1. The fraction of sp³-hybridized carbons (Fsp3) is 1.00. The normalized spacial score (nSPS) is 34.8. The van der Waals surface area contributed by atoms with Crippen LogP contribution in [-0.4, -0.2) is 34.7 Å². The molecule has 1 saturated heterocycles. The molecule has 0 spiro atoms. The van der Waals surface area contributed by atoms with Gasteiger partial charge in [-0.25, -0.2) is 0 Å². The number of nitrogens with zero attached hydrogens (tertiary/aromatic N) is 1. The maximum Gasteiger partial charge on any atom is 0.0700 e. The molecular formula is C13H27NO. The Morgan fingerprint density at radius 1 is 1.20 bits per heavy atom. The monoisotopic (exact) mass is 213 g/mol. The van der Waals surface area contributed by atoms with Gasteiger partial charge in [0.25, 0.3) is 0 Å². The van der Waals surface area contributed by atoms with Gasteiger partial charge in [-0.3, -0.25) is 4.90 Å². The first kappa shape index (κ1) is 13.0. The van der Waals surface area contributed by atoms with Crippen molar-refractivity contribution in [2.24, 2.45) is 17.8 Å². The summed E-state index contributed by atoms with van der Waals surface area (Å²) in [6, 6.07) is 0. The molecule has 0 radical (unpaired) electrons. The van der Waals surface area contributed by atoms with E-state index in [9.17, 15) is 5.11 Å². The number of piperidine rings is 1. The van der Waals surface area contributed by atoms with Crippen molar-refractivity contribution in [3.05, 3.63) is 0 Å². The third kappa shape index (κ3) is 2.94. The van der Waals surface area contributed by atoms with Crippen molar-refractivity contribution in [3.63, 3.8) is 0 Å². The SMILES string of the molecule is CC(C)[C@@H]1[C@@H](C)CN(C(C)(C)C)C[C@@H]1O. The first-order valence-corrected chi connectivity index (χ1v) is 6.16. The summed E-state index contributed by atoms with van der Waals surface area (Å²) < 4.78 is 0. The van der Waals surface area contributed by atoms with Gasteiger partial charge in [0, 0.05) is 18.6 Å². The zero-order valence-corrected chi connectivity index (χ0v) is 11.1. The minimum Gasteiger partial charge on any atom is -0.391 e. The highest BCUT2D eigenvalue weighted by Gasteiger charge is 2.38. The van der Waals surface area contributed by atoms with E-state index in [1.807, 2.05) is 0 Å². The Kier molecular flexibility index (Phi) is 3.83. The van der Waals surface area contributed by atoms with Crippen LogP contribution in [0.3, 0.4) is 0 Å². The highest BCUT2D eigenvalue weighted by atomic mass is 16.3. The Morgan fingerprint density at radius 2 is 1.73 bits per heavy atom. The molecule has 2 nitrogen and oxygen atoms in total. The largest absolute Gasteiger partial charge is 0.391 e. The van der Waals surface area contributed by atoms with Crippen LogP contribution in [0.2, 0.25) is 0 Å². The van der Waals surface area contributed by atoms with E-state index in [0.29, 0.717) is 17.8 Å². The topological polar surface area (TPSA) is 23.5 Å². The van der Waals surface area contributed by atoms with Crippen molar-refractivity contribution < 1.29 is 5.11 Å². The molecule has 15 heavy (non-hydrogen) atoms. The molecule has 3 atom stereocenters. The lowest BCUT2D eigenvalue weighted by molar-refractivity contribution is -0.0580. The van der Waals surface area contributed by atoms with Gasteiger partial charge < -0.3 is 5.11 Å². The van der Waals surface area contributed by atoms with Crippen molar-refractivity contribution >= 4 is 0 Å². The summed E-state index contributed by atoms with van der Waals surface area (Å²) in [6.07, 6.45) is -0.159. The number of hydrogen-bond donors (Lipinski definition) is 1. The molecule has 0 bridgehead atoms. The Morgan fingerprint density at radius 3 is 2.07 bits per heavy atom.